The van der Waals surface area contributed by atoms with Crippen molar-refractivity contribution in [3.63, 3.8) is 0 Å². The van der Waals surface area contributed by atoms with Gasteiger partial charge in [0.2, 0.25) is 0 Å². The maximum Gasteiger partial charge on any atom is 0.0754 e. The first-order chi connectivity index (χ1) is 46.0. The normalized spacial score (nSPS) is 15.4. The summed E-state index contributed by atoms with van der Waals surface area (Å²) >= 11 is 0. The minimum absolute atomic E-state index is 0.646. The van der Waals surface area contributed by atoms with Gasteiger partial charge in [-0.2, -0.15) is 0 Å². The Labute approximate surface area is 552 Å². The zero-order chi connectivity index (χ0) is 63.8. The molecule has 0 fully saturated rings. The fourth-order valence-electron chi connectivity index (χ4n) is 16.5. The minimum atomic E-state index is -1.02. The predicted octanol–water partition coefficient (Wildman–Crippen LogP) is 24.0. The first-order valence-corrected chi connectivity index (χ1v) is 32.7. The van der Waals surface area contributed by atoms with Gasteiger partial charge in [0, 0.05) is 78.2 Å². The molecule has 0 radical (unpaired) electrons. The average molecular weight is 1210 g/mol. The number of fused-ring (bicyclic) bond motifs is 10. The fourth-order valence-corrected chi connectivity index (χ4v) is 16.5. The third-order valence-electron chi connectivity index (χ3n) is 19.8. The molecule has 2 aliphatic rings. The summed E-state index contributed by atoms with van der Waals surface area (Å²) in [4.78, 5) is 21.8. The molecule has 0 saturated heterocycles. The molecule has 0 amide bonds. The van der Waals surface area contributed by atoms with E-state index in [9.17, 15) is 0 Å². The van der Waals surface area contributed by atoms with Crippen molar-refractivity contribution in [2.45, 2.75) is 52.4 Å². The Morgan fingerprint density at radius 3 is 0.702 bits per heavy atom. The number of nitrogens with zero attached hydrogens (tertiary/aromatic N) is 6. The van der Waals surface area contributed by atoms with Crippen molar-refractivity contribution in [2.75, 3.05) is 19.6 Å². The summed E-state index contributed by atoms with van der Waals surface area (Å²) in [5.74, 6) is 0. The summed E-state index contributed by atoms with van der Waals surface area (Å²) in [7, 11) is 0. The number of aromatic nitrogens is 2. The van der Waals surface area contributed by atoms with Crippen molar-refractivity contribution in [1.82, 2.24) is 9.97 Å². The molecule has 6 heteroatoms. The SMILES string of the molecule is CC(C)(C)C1(C2(C(C)(C)C)c3cc(N(c4ccccc4)c4ccccc4)cnc3-c3c2cc(N(c2ccccc2)c2ccccc2)c2ccccc32)c2cc(N(c3ccccc3)c3ccccc3)cnc2-c2c1cc(N(c1ccccc1)c1ccccc1)c1ccccc21. The molecule has 12 aromatic carbocycles. The molecule has 2 atom stereocenters. The second-order valence-electron chi connectivity index (χ2n) is 26.9. The molecule has 0 bridgehead atoms. The van der Waals surface area contributed by atoms with Crippen LogP contribution in [-0.4, -0.2) is 9.97 Å². The van der Waals surface area contributed by atoms with Crippen LogP contribution >= 0.6 is 0 Å². The number of pyridine rings is 2. The standard InChI is InChI=1S/C88H72N6/c1-85(2,3)87(75-57-79(93(65-43-23-11-24-44-65)66-45-25-12-26-46-66)71-51-31-33-53-73(71)81(75)83-77(87)55-69(59-89-83)91(61-35-15-7-16-36-61)62-37-17-8-18-38-62)88(86(4,5)6)76-58-80(94(67-47-27-13-28-48-67)68-49-29-14-30-50-68)72-52-32-34-54-74(72)82(76)84-78(88)56-70(60-90-84)92(63-39-19-9-20-40-63)64-41-21-10-22-42-64/h7-60H,1-6H3. The number of benzene rings is 12. The van der Waals surface area contributed by atoms with E-state index in [-0.39, 0.29) is 0 Å². The third-order valence-corrected chi connectivity index (χ3v) is 19.8. The lowest BCUT2D eigenvalue weighted by molar-refractivity contribution is 0.0593. The van der Waals surface area contributed by atoms with E-state index >= 15 is 0 Å². The molecular weight excluding hydrogens is 1140 g/mol. The molecule has 16 rings (SSSR count). The molecule has 454 valence electrons. The van der Waals surface area contributed by atoms with Crippen LogP contribution in [0.2, 0.25) is 0 Å². The summed E-state index contributed by atoms with van der Waals surface area (Å²) in [5.41, 5.74) is 18.1. The minimum Gasteiger partial charge on any atom is -0.310 e. The van der Waals surface area contributed by atoms with Crippen molar-refractivity contribution >= 4 is 89.8 Å². The molecule has 2 aliphatic carbocycles. The van der Waals surface area contributed by atoms with E-state index < -0.39 is 21.7 Å². The van der Waals surface area contributed by atoms with E-state index in [1.54, 1.807) is 0 Å². The van der Waals surface area contributed by atoms with Crippen molar-refractivity contribution in [3.05, 3.63) is 350 Å². The molecule has 94 heavy (non-hydrogen) atoms. The Morgan fingerprint density at radius 2 is 0.457 bits per heavy atom. The summed E-state index contributed by atoms with van der Waals surface area (Å²) in [6, 6.07) is 115. The molecule has 0 aliphatic heterocycles. The predicted molar refractivity (Wildman–Crippen MR) is 394 cm³/mol. The summed E-state index contributed by atoms with van der Waals surface area (Å²) in [6.45, 7) is 15.1. The van der Waals surface area contributed by atoms with E-state index in [4.69, 9.17) is 9.97 Å². The molecular formula is C88H72N6. The summed E-state index contributed by atoms with van der Waals surface area (Å²) in [6.07, 6.45) is 4.26. The molecule has 2 heterocycles. The van der Waals surface area contributed by atoms with E-state index in [0.717, 1.165) is 123 Å². The Balaban J connectivity index is 1.14. The zero-order valence-corrected chi connectivity index (χ0v) is 53.9. The monoisotopic (exact) mass is 1210 g/mol. The third kappa shape index (κ3) is 8.91. The first-order valence-electron chi connectivity index (χ1n) is 32.7. The Kier molecular flexibility index (Phi) is 14.0. The molecule has 0 spiro atoms. The van der Waals surface area contributed by atoms with Crippen LogP contribution in [0.15, 0.2) is 328 Å². The Hall–Kier alpha value is -11.3. The zero-order valence-electron chi connectivity index (χ0n) is 53.9. The van der Waals surface area contributed by atoms with Crippen LogP contribution in [0.3, 0.4) is 0 Å². The number of hydrogen-bond donors (Lipinski definition) is 0. The highest BCUT2D eigenvalue weighted by atomic mass is 15.2. The highest BCUT2D eigenvalue weighted by molar-refractivity contribution is 6.13. The first kappa shape index (κ1) is 57.8. The van der Waals surface area contributed by atoms with Gasteiger partial charge in [0.1, 0.15) is 0 Å². The lowest BCUT2D eigenvalue weighted by Gasteiger charge is -2.62. The summed E-state index contributed by atoms with van der Waals surface area (Å²) < 4.78 is 0. The van der Waals surface area contributed by atoms with Gasteiger partial charge in [0.05, 0.1) is 46.5 Å². The lowest BCUT2D eigenvalue weighted by Crippen LogP contribution is -2.62. The van der Waals surface area contributed by atoms with Crippen LogP contribution in [0.4, 0.5) is 68.2 Å². The van der Waals surface area contributed by atoms with Gasteiger partial charge in [-0.15, -0.1) is 0 Å². The van der Waals surface area contributed by atoms with E-state index in [0.29, 0.717) is 0 Å². The van der Waals surface area contributed by atoms with Gasteiger partial charge in [-0.3, -0.25) is 9.97 Å². The van der Waals surface area contributed by atoms with Crippen LogP contribution in [0.25, 0.3) is 44.1 Å². The van der Waals surface area contributed by atoms with Crippen LogP contribution < -0.4 is 19.6 Å². The van der Waals surface area contributed by atoms with Crippen LogP contribution in [0.5, 0.6) is 0 Å². The van der Waals surface area contributed by atoms with E-state index in [2.05, 4.69) is 389 Å². The van der Waals surface area contributed by atoms with Crippen LogP contribution in [0.1, 0.15) is 63.8 Å². The molecule has 0 saturated carbocycles. The van der Waals surface area contributed by atoms with Crippen molar-refractivity contribution in [1.29, 1.82) is 0 Å². The second-order valence-corrected chi connectivity index (χ2v) is 26.9. The van der Waals surface area contributed by atoms with Crippen LogP contribution in [0, 0.1) is 10.8 Å². The number of hydrogen-bond acceptors (Lipinski definition) is 6. The summed E-state index contributed by atoms with van der Waals surface area (Å²) in [5, 5.41) is 4.52. The van der Waals surface area contributed by atoms with Gasteiger partial charge in [-0.1, -0.05) is 236 Å². The number of anilines is 12. The molecule has 2 aromatic heterocycles. The number of rotatable bonds is 13. The maximum absolute atomic E-state index is 6.03. The lowest BCUT2D eigenvalue weighted by atomic mass is 9.39. The smallest absolute Gasteiger partial charge is 0.0754 e. The highest BCUT2D eigenvalue weighted by Crippen LogP contribution is 2.76. The highest BCUT2D eigenvalue weighted by Gasteiger charge is 2.72. The van der Waals surface area contributed by atoms with Gasteiger partial charge >= 0.3 is 0 Å². The van der Waals surface area contributed by atoms with E-state index in [1.165, 1.54) is 11.1 Å². The molecule has 14 aromatic rings. The topological polar surface area (TPSA) is 38.7 Å². The van der Waals surface area contributed by atoms with E-state index in [1.807, 2.05) is 0 Å². The van der Waals surface area contributed by atoms with Crippen molar-refractivity contribution < 1.29 is 0 Å². The quantitative estimate of drug-likeness (QED) is 0.115. The molecule has 2 unspecified atom stereocenters. The van der Waals surface area contributed by atoms with Gasteiger partial charge in [-0.25, -0.2) is 0 Å². The Bertz CT molecular complexity index is 4610. The van der Waals surface area contributed by atoms with Crippen LogP contribution in [-0.2, 0) is 10.8 Å². The van der Waals surface area contributed by atoms with Gasteiger partial charge in [0.15, 0.2) is 0 Å². The van der Waals surface area contributed by atoms with Crippen molar-refractivity contribution in [2.24, 2.45) is 10.8 Å². The van der Waals surface area contributed by atoms with Gasteiger partial charge in [0.25, 0.3) is 0 Å². The van der Waals surface area contributed by atoms with Gasteiger partial charge in [-0.05, 0) is 165 Å². The largest absolute Gasteiger partial charge is 0.310 e. The second kappa shape index (κ2) is 22.8. The average Bonchev–Trinajstić information content (AvgIpc) is 1.44. The number of para-hydroxylation sites is 8. The van der Waals surface area contributed by atoms with Gasteiger partial charge < -0.3 is 19.6 Å². The fraction of sp³-hybridized carbons (Fsp3) is 0.114. The molecule has 6 nitrogen and oxygen atoms in total. The maximum atomic E-state index is 6.03. The molecule has 0 N–H and O–H groups in total. The Morgan fingerprint density at radius 1 is 0.234 bits per heavy atom. The van der Waals surface area contributed by atoms with Crippen molar-refractivity contribution in [3.8, 4) is 22.5 Å².